The van der Waals surface area contributed by atoms with Gasteiger partial charge in [-0.05, 0) is 5.56 Å². The molecule has 0 spiro atoms. The van der Waals surface area contributed by atoms with Crippen molar-refractivity contribution in [1.82, 2.24) is 10.6 Å². The monoisotopic (exact) mass is 221 g/mol. The average molecular weight is 221 g/mol. The van der Waals surface area contributed by atoms with E-state index in [1.807, 2.05) is 0 Å². The minimum absolute atomic E-state index is 0.0277. The van der Waals surface area contributed by atoms with E-state index >= 15 is 0 Å². The molecule has 0 saturated carbocycles. The van der Waals surface area contributed by atoms with Crippen LogP contribution in [-0.2, 0) is 4.79 Å². The van der Waals surface area contributed by atoms with Gasteiger partial charge in [0.2, 0.25) is 5.91 Å². The number of amides is 1. The smallest absolute Gasteiger partial charge is 0.269 e. The first-order chi connectivity index (χ1) is 7.68. The molecular formula is C10H11N3O3. The molecule has 1 amide bonds. The minimum Gasteiger partial charge on any atom is -0.353 e. The number of hydrogen-bond donors (Lipinski definition) is 2. The summed E-state index contributed by atoms with van der Waals surface area (Å²) in [6, 6.07) is 5.59. The maximum atomic E-state index is 11.5. The number of nitrogens with one attached hydrogen (secondary N) is 2. The maximum absolute atomic E-state index is 11.5. The number of hydrogen-bond acceptors (Lipinski definition) is 4. The van der Waals surface area contributed by atoms with Crippen molar-refractivity contribution in [2.45, 2.75) is 6.04 Å². The lowest BCUT2D eigenvalue weighted by molar-refractivity contribution is -0.384. The Labute approximate surface area is 91.8 Å². The van der Waals surface area contributed by atoms with Crippen LogP contribution in [0.15, 0.2) is 24.3 Å². The van der Waals surface area contributed by atoms with Gasteiger partial charge in [0.05, 0.1) is 4.92 Å². The van der Waals surface area contributed by atoms with Gasteiger partial charge in [-0.15, -0.1) is 0 Å². The lowest BCUT2D eigenvalue weighted by Gasteiger charge is -2.23. The number of nitrogens with zero attached hydrogens (tertiary/aromatic N) is 1. The molecule has 0 aliphatic carbocycles. The first-order valence-corrected chi connectivity index (χ1v) is 4.94. The first kappa shape index (κ1) is 10.6. The summed E-state index contributed by atoms with van der Waals surface area (Å²) in [7, 11) is 0. The molecule has 0 aromatic heterocycles. The van der Waals surface area contributed by atoms with Gasteiger partial charge in [0.15, 0.2) is 0 Å². The van der Waals surface area contributed by atoms with E-state index in [0.717, 1.165) is 5.56 Å². The molecule has 1 aliphatic rings. The third-order valence-electron chi connectivity index (χ3n) is 2.47. The quantitative estimate of drug-likeness (QED) is 0.557. The second-order valence-corrected chi connectivity index (χ2v) is 3.53. The highest BCUT2D eigenvalue weighted by Crippen LogP contribution is 2.18. The highest BCUT2D eigenvalue weighted by molar-refractivity contribution is 5.83. The van der Waals surface area contributed by atoms with Crippen LogP contribution >= 0.6 is 0 Å². The van der Waals surface area contributed by atoms with Crippen molar-refractivity contribution in [3.8, 4) is 0 Å². The Bertz CT molecular complexity index is 416. The van der Waals surface area contributed by atoms with Gasteiger partial charge in [0, 0.05) is 25.2 Å². The maximum Gasteiger partial charge on any atom is 0.269 e. The second-order valence-electron chi connectivity index (χ2n) is 3.53. The minimum atomic E-state index is -0.460. The number of carbonyl (C=O) groups is 1. The van der Waals surface area contributed by atoms with Crippen LogP contribution in [-0.4, -0.2) is 23.9 Å². The van der Waals surface area contributed by atoms with Crippen LogP contribution in [0.5, 0.6) is 0 Å². The number of non-ortho nitro benzene ring substituents is 1. The molecule has 6 nitrogen and oxygen atoms in total. The van der Waals surface area contributed by atoms with E-state index in [1.165, 1.54) is 12.1 Å². The predicted octanol–water partition coefficient (Wildman–Crippen LogP) is 0.355. The molecule has 1 aromatic carbocycles. The van der Waals surface area contributed by atoms with Crippen molar-refractivity contribution < 1.29 is 9.72 Å². The Kier molecular flexibility index (Phi) is 2.82. The Balaban J connectivity index is 2.20. The van der Waals surface area contributed by atoms with E-state index in [9.17, 15) is 14.9 Å². The van der Waals surface area contributed by atoms with Crippen molar-refractivity contribution in [2.75, 3.05) is 13.1 Å². The molecule has 84 valence electrons. The SMILES string of the molecule is O=C1NCCN[C@H]1c1ccc([N+](=O)[O-])cc1. The van der Waals surface area contributed by atoms with Crippen LogP contribution in [0.3, 0.4) is 0 Å². The predicted molar refractivity (Wildman–Crippen MR) is 56.8 cm³/mol. The zero-order valence-corrected chi connectivity index (χ0v) is 8.47. The number of nitro groups is 1. The second kappa shape index (κ2) is 4.28. The number of carbonyl (C=O) groups excluding carboxylic acids is 1. The molecule has 1 atom stereocenters. The van der Waals surface area contributed by atoms with Crippen LogP contribution < -0.4 is 10.6 Å². The Morgan fingerprint density at radius 3 is 2.50 bits per heavy atom. The molecule has 2 N–H and O–H groups in total. The topological polar surface area (TPSA) is 84.3 Å². The number of piperazine rings is 1. The summed E-state index contributed by atoms with van der Waals surface area (Å²) >= 11 is 0. The third kappa shape index (κ3) is 2.01. The fraction of sp³-hybridized carbons (Fsp3) is 0.300. The number of benzene rings is 1. The van der Waals surface area contributed by atoms with Crippen LogP contribution in [0, 0.1) is 10.1 Å². The normalized spacial score (nSPS) is 20.2. The van der Waals surface area contributed by atoms with Gasteiger partial charge in [0.25, 0.3) is 5.69 Å². The molecule has 0 bridgehead atoms. The lowest BCUT2D eigenvalue weighted by Crippen LogP contribution is -2.47. The number of rotatable bonds is 2. The fourth-order valence-corrected chi connectivity index (χ4v) is 1.65. The fourth-order valence-electron chi connectivity index (χ4n) is 1.65. The van der Waals surface area contributed by atoms with Gasteiger partial charge in [-0.2, -0.15) is 0 Å². The van der Waals surface area contributed by atoms with E-state index in [4.69, 9.17) is 0 Å². The first-order valence-electron chi connectivity index (χ1n) is 4.94. The summed E-state index contributed by atoms with van der Waals surface area (Å²) in [5.41, 5.74) is 0.766. The largest absolute Gasteiger partial charge is 0.353 e. The van der Waals surface area contributed by atoms with Gasteiger partial charge in [-0.3, -0.25) is 14.9 Å². The van der Waals surface area contributed by atoms with Crippen LogP contribution in [0.1, 0.15) is 11.6 Å². The molecule has 6 heteroatoms. The van der Waals surface area contributed by atoms with Gasteiger partial charge in [0.1, 0.15) is 6.04 Å². The van der Waals surface area contributed by atoms with E-state index < -0.39 is 11.0 Å². The summed E-state index contributed by atoms with van der Waals surface area (Å²) in [5, 5.41) is 16.2. The van der Waals surface area contributed by atoms with Gasteiger partial charge < -0.3 is 10.6 Å². The van der Waals surface area contributed by atoms with Crippen molar-refractivity contribution in [1.29, 1.82) is 0 Å². The number of nitro benzene ring substituents is 1. The molecule has 1 aromatic rings. The lowest BCUT2D eigenvalue weighted by atomic mass is 10.0. The van der Waals surface area contributed by atoms with Crippen molar-refractivity contribution in [3.63, 3.8) is 0 Å². The molecule has 0 unspecified atom stereocenters. The van der Waals surface area contributed by atoms with Crippen LogP contribution in [0.4, 0.5) is 5.69 Å². The molecule has 1 heterocycles. The van der Waals surface area contributed by atoms with Crippen molar-refractivity contribution in [3.05, 3.63) is 39.9 Å². The van der Waals surface area contributed by atoms with E-state index in [0.29, 0.717) is 13.1 Å². The molecule has 1 aliphatic heterocycles. The summed E-state index contributed by atoms with van der Waals surface area (Å²) < 4.78 is 0. The Hall–Kier alpha value is -1.95. The van der Waals surface area contributed by atoms with Crippen LogP contribution in [0.25, 0.3) is 0 Å². The molecular weight excluding hydrogens is 210 g/mol. The summed E-state index contributed by atoms with van der Waals surface area (Å²) in [6.07, 6.45) is 0. The standard InChI is InChI=1S/C10H11N3O3/c14-10-9(11-5-6-12-10)7-1-3-8(4-2-7)13(15)16/h1-4,9,11H,5-6H2,(H,12,14)/t9-/m0/s1. The van der Waals surface area contributed by atoms with Gasteiger partial charge >= 0.3 is 0 Å². The average Bonchev–Trinajstić information content (AvgIpc) is 2.30. The van der Waals surface area contributed by atoms with Crippen molar-refractivity contribution in [2.24, 2.45) is 0 Å². The molecule has 16 heavy (non-hydrogen) atoms. The van der Waals surface area contributed by atoms with Gasteiger partial charge in [-0.25, -0.2) is 0 Å². The van der Waals surface area contributed by atoms with E-state index in [1.54, 1.807) is 12.1 Å². The van der Waals surface area contributed by atoms with E-state index in [2.05, 4.69) is 10.6 Å². The summed E-state index contributed by atoms with van der Waals surface area (Å²) in [4.78, 5) is 21.5. The molecule has 2 rings (SSSR count). The zero-order valence-electron chi connectivity index (χ0n) is 8.47. The summed E-state index contributed by atoms with van der Waals surface area (Å²) in [5.74, 6) is -0.0971. The zero-order chi connectivity index (χ0) is 11.5. The Morgan fingerprint density at radius 1 is 1.25 bits per heavy atom. The third-order valence-corrected chi connectivity index (χ3v) is 2.47. The highest BCUT2D eigenvalue weighted by Gasteiger charge is 2.23. The van der Waals surface area contributed by atoms with Crippen molar-refractivity contribution >= 4 is 11.6 Å². The molecule has 1 saturated heterocycles. The van der Waals surface area contributed by atoms with E-state index in [-0.39, 0.29) is 11.6 Å². The highest BCUT2D eigenvalue weighted by atomic mass is 16.6. The molecule has 0 radical (unpaired) electrons. The Morgan fingerprint density at radius 2 is 1.94 bits per heavy atom. The van der Waals surface area contributed by atoms with Crippen LogP contribution in [0.2, 0.25) is 0 Å². The van der Waals surface area contributed by atoms with Gasteiger partial charge in [-0.1, -0.05) is 12.1 Å². The summed E-state index contributed by atoms with van der Waals surface area (Å²) in [6.45, 7) is 1.32. The molecule has 1 fully saturated rings.